The van der Waals surface area contributed by atoms with Crippen LogP contribution < -0.4 is 0 Å². The first-order chi connectivity index (χ1) is 10.0. The molecule has 0 amide bonds. The minimum atomic E-state index is -0.683. The molecule has 0 spiro atoms. The largest absolute Gasteiger partial charge is 0.481 e. The van der Waals surface area contributed by atoms with Crippen molar-refractivity contribution >= 4 is 5.97 Å². The highest BCUT2D eigenvalue weighted by Crippen LogP contribution is 2.33. The Hall–Kier alpha value is -0.610. The van der Waals surface area contributed by atoms with Crippen LogP contribution in [0, 0.1) is 11.3 Å². The lowest BCUT2D eigenvalue weighted by molar-refractivity contribution is -0.160. The molecule has 1 heterocycles. The van der Waals surface area contributed by atoms with Crippen LogP contribution in [-0.2, 0) is 9.53 Å². The quantitative estimate of drug-likeness (QED) is 0.784. The van der Waals surface area contributed by atoms with Gasteiger partial charge in [0.1, 0.15) is 5.41 Å². The fraction of sp³-hybridized carbons (Fsp3) is 0.941. The Morgan fingerprint density at radius 1 is 1.33 bits per heavy atom. The molecule has 1 atom stereocenters. The Bertz CT molecular complexity index is 331. The maximum Gasteiger partial charge on any atom is 0.313 e. The molecule has 1 aliphatic heterocycles. The van der Waals surface area contributed by atoms with Gasteiger partial charge < -0.3 is 9.84 Å². The summed E-state index contributed by atoms with van der Waals surface area (Å²) in [5.41, 5.74) is -0.683. The van der Waals surface area contributed by atoms with E-state index in [1.54, 1.807) is 0 Å². The summed E-state index contributed by atoms with van der Waals surface area (Å²) in [6, 6.07) is 0.585. The lowest BCUT2D eigenvalue weighted by Gasteiger charge is -2.40. The van der Waals surface area contributed by atoms with Gasteiger partial charge in [-0.25, -0.2) is 0 Å². The first-order valence-corrected chi connectivity index (χ1v) is 8.59. The van der Waals surface area contributed by atoms with E-state index in [1.165, 1.54) is 25.7 Å². The van der Waals surface area contributed by atoms with E-state index < -0.39 is 11.4 Å². The second-order valence-electron chi connectivity index (χ2n) is 7.33. The van der Waals surface area contributed by atoms with Crippen molar-refractivity contribution < 1.29 is 14.6 Å². The average Bonchev–Trinajstić information content (AvgIpc) is 2.98. The summed E-state index contributed by atoms with van der Waals surface area (Å²) in [6.07, 6.45) is 7.82. The summed E-state index contributed by atoms with van der Waals surface area (Å²) in [7, 11) is 0. The van der Waals surface area contributed by atoms with Gasteiger partial charge in [-0.2, -0.15) is 0 Å². The zero-order valence-electron chi connectivity index (χ0n) is 13.6. The van der Waals surface area contributed by atoms with Crippen molar-refractivity contribution in [2.45, 2.75) is 64.8 Å². The van der Waals surface area contributed by atoms with E-state index in [9.17, 15) is 9.90 Å². The predicted molar refractivity (Wildman–Crippen MR) is 83.4 cm³/mol. The number of hydrogen-bond acceptors (Lipinski definition) is 3. The van der Waals surface area contributed by atoms with Gasteiger partial charge in [-0.3, -0.25) is 9.69 Å². The van der Waals surface area contributed by atoms with Gasteiger partial charge in [0.05, 0.1) is 6.61 Å². The molecule has 1 aliphatic carbocycles. The maximum atomic E-state index is 11.9. The SMILES string of the molecule is CC(C)CCN(CC1(C(=O)O)CCCOC1)C1CCCC1. The van der Waals surface area contributed by atoms with Gasteiger partial charge in [0.25, 0.3) is 0 Å². The molecular weight excluding hydrogens is 266 g/mol. The first kappa shape index (κ1) is 16.8. The van der Waals surface area contributed by atoms with Gasteiger partial charge in [0, 0.05) is 19.2 Å². The zero-order chi connectivity index (χ0) is 15.3. The Kier molecular flexibility index (Phi) is 6.06. The Morgan fingerprint density at radius 2 is 2.05 bits per heavy atom. The van der Waals surface area contributed by atoms with Gasteiger partial charge in [-0.1, -0.05) is 26.7 Å². The molecule has 122 valence electrons. The average molecular weight is 297 g/mol. The van der Waals surface area contributed by atoms with Gasteiger partial charge in [0.15, 0.2) is 0 Å². The van der Waals surface area contributed by atoms with Gasteiger partial charge in [0.2, 0.25) is 0 Å². The summed E-state index contributed by atoms with van der Waals surface area (Å²) in [4.78, 5) is 14.3. The van der Waals surface area contributed by atoms with Crippen molar-refractivity contribution in [2.75, 3.05) is 26.3 Å². The van der Waals surface area contributed by atoms with Crippen molar-refractivity contribution in [1.82, 2.24) is 4.90 Å². The summed E-state index contributed by atoms with van der Waals surface area (Å²) >= 11 is 0. The zero-order valence-corrected chi connectivity index (χ0v) is 13.6. The lowest BCUT2D eigenvalue weighted by atomic mass is 9.81. The molecule has 21 heavy (non-hydrogen) atoms. The number of rotatable bonds is 7. The van der Waals surface area contributed by atoms with Crippen LogP contribution in [0.15, 0.2) is 0 Å². The normalized spacial score (nSPS) is 27.6. The van der Waals surface area contributed by atoms with Crippen LogP contribution in [0.1, 0.15) is 58.8 Å². The van der Waals surface area contributed by atoms with Crippen molar-refractivity contribution in [3.8, 4) is 0 Å². The minimum absolute atomic E-state index is 0.382. The van der Waals surface area contributed by atoms with Gasteiger partial charge >= 0.3 is 5.97 Å². The highest BCUT2D eigenvalue weighted by molar-refractivity contribution is 5.75. The van der Waals surface area contributed by atoms with Crippen LogP contribution in [0.25, 0.3) is 0 Å². The Morgan fingerprint density at radius 3 is 2.57 bits per heavy atom. The highest BCUT2D eigenvalue weighted by atomic mass is 16.5. The first-order valence-electron chi connectivity index (χ1n) is 8.59. The van der Waals surface area contributed by atoms with E-state index in [-0.39, 0.29) is 0 Å². The molecule has 2 aliphatic rings. The molecule has 2 rings (SSSR count). The minimum Gasteiger partial charge on any atom is -0.481 e. The van der Waals surface area contributed by atoms with E-state index in [0.717, 1.165) is 25.8 Å². The second-order valence-corrected chi connectivity index (χ2v) is 7.33. The molecule has 1 unspecified atom stereocenters. The number of ether oxygens (including phenoxy) is 1. The van der Waals surface area contributed by atoms with Gasteiger partial charge in [-0.05, 0) is 44.6 Å². The van der Waals surface area contributed by atoms with Crippen LogP contribution in [0.5, 0.6) is 0 Å². The van der Waals surface area contributed by atoms with Gasteiger partial charge in [-0.15, -0.1) is 0 Å². The third-order valence-corrected chi connectivity index (χ3v) is 5.12. The molecule has 2 fully saturated rings. The highest BCUT2D eigenvalue weighted by Gasteiger charge is 2.43. The number of aliphatic carboxylic acids is 1. The number of nitrogens with zero attached hydrogens (tertiary/aromatic N) is 1. The van der Waals surface area contributed by atoms with Crippen LogP contribution in [0.2, 0.25) is 0 Å². The third kappa shape index (κ3) is 4.43. The van der Waals surface area contributed by atoms with E-state index >= 15 is 0 Å². The van der Waals surface area contributed by atoms with Crippen LogP contribution in [0.3, 0.4) is 0 Å². The molecule has 0 bridgehead atoms. The summed E-state index contributed by atoms with van der Waals surface area (Å²) in [5.74, 6) is -0.00738. The summed E-state index contributed by atoms with van der Waals surface area (Å²) < 4.78 is 5.53. The van der Waals surface area contributed by atoms with Crippen LogP contribution >= 0.6 is 0 Å². The van der Waals surface area contributed by atoms with E-state index in [1.807, 2.05) is 0 Å². The molecule has 1 saturated carbocycles. The van der Waals surface area contributed by atoms with Crippen molar-refractivity contribution in [2.24, 2.45) is 11.3 Å². The molecule has 0 radical (unpaired) electrons. The third-order valence-electron chi connectivity index (χ3n) is 5.12. The number of hydrogen-bond donors (Lipinski definition) is 1. The topological polar surface area (TPSA) is 49.8 Å². The Balaban J connectivity index is 2.05. The van der Waals surface area contributed by atoms with E-state index in [4.69, 9.17) is 4.74 Å². The second kappa shape index (κ2) is 7.59. The summed E-state index contributed by atoms with van der Waals surface area (Å²) in [5, 5.41) is 9.75. The monoisotopic (exact) mass is 297 g/mol. The summed E-state index contributed by atoms with van der Waals surface area (Å²) in [6.45, 7) is 7.27. The smallest absolute Gasteiger partial charge is 0.313 e. The fourth-order valence-electron chi connectivity index (χ4n) is 3.69. The fourth-order valence-corrected chi connectivity index (χ4v) is 3.69. The van der Waals surface area contributed by atoms with Crippen LogP contribution in [-0.4, -0.2) is 48.3 Å². The molecule has 0 aromatic carbocycles. The van der Waals surface area contributed by atoms with Crippen molar-refractivity contribution in [1.29, 1.82) is 0 Å². The van der Waals surface area contributed by atoms with Crippen molar-refractivity contribution in [3.63, 3.8) is 0 Å². The van der Waals surface area contributed by atoms with E-state index in [2.05, 4.69) is 18.7 Å². The van der Waals surface area contributed by atoms with E-state index in [0.29, 0.717) is 31.7 Å². The lowest BCUT2D eigenvalue weighted by Crippen LogP contribution is -2.51. The molecule has 0 aromatic rings. The predicted octanol–water partition coefficient (Wildman–Crippen LogP) is 3.16. The molecule has 4 nitrogen and oxygen atoms in total. The van der Waals surface area contributed by atoms with Crippen molar-refractivity contribution in [3.05, 3.63) is 0 Å². The molecular formula is C17H31NO3. The molecule has 0 aromatic heterocycles. The number of carboxylic acids is 1. The molecule has 4 heteroatoms. The maximum absolute atomic E-state index is 11.9. The van der Waals surface area contributed by atoms with Crippen LogP contribution in [0.4, 0.5) is 0 Å². The molecule has 1 saturated heterocycles. The number of carbonyl (C=O) groups is 1. The Labute approximate surface area is 128 Å². The number of carboxylic acid groups (broad SMARTS) is 1. The molecule has 1 N–H and O–H groups in total. The standard InChI is InChI=1S/C17H31NO3/c1-14(2)8-10-18(15-6-3-4-7-15)12-17(16(19)20)9-5-11-21-13-17/h14-15H,3-13H2,1-2H3,(H,19,20).